The van der Waals surface area contributed by atoms with Crippen LogP contribution in [0.3, 0.4) is 0 Å². The third-order valence-corrected chi connectivity index (χ3v) is 4.17. The van der Waals surface area contributed by atoms with Crippen LogP contribution in [-0.2, 0) is 20.7 Å². The molecule has 0 aromatic heterocycles. The molecule has 0 saturated carbocycles. The summed E-state index contributed by atoms with van der Waals surface area (Å²) in [5, 5.41) is 4.02. The lowest BCUT2D eigenvalue weighted by molar-refractivity contribution is -0.145. The molecular formula is C23H28N2O5. The molecule has 1 N–H and O–H groups in total. The quantitative estimate of drug-likeness (QED) is 0.367. The van der Waals surface area contributed by atoms with Crippen LogP contribution in [0.5, 0.6) is 11.5 Å². The Labute approximate surface area is 177 Å². The van der Waals surface area contributed by atoms with E-state index in [2.05, 4.69) is 10.5 Å². The molecule has 0 fully saturated rings. The molecule has 2 aromatic carbocycles. The fourth-order valence-electron chi connectivity index (χ4n) is 2.77. The molecule has 0 aliphatic heterocycles. The van der Waals surface area contributed by atoms with Gasteiger partial charge in [-0.15, -0.1) is 0 Å². The lowest BCUT2D eigenvalue weighted by atomic mass is 10.0. The summed E-state index contributed by atoms with van der Waals surface area (Å²) in [5.74, 6) is 0.267. The second-order valence-corrected chi connectivity index (χ2v) is 6.63. The van der Waals surface area contributed by atoms with Gasteiger partial charge in [0.15, 0.2) is 18.1 Å². The maximum atomic E-state index is 12.2. The first-order valence-electron chi connectivity index (χ1n) is 9.86. The van der Waals surface area contributed by atoms with Crippen molar-refractivity contribution in [2.24, 2.45) is 5.10 Å². The smallest absolute Gasteiger partial charge is 0.344 e. The Bertz CT molecular complexity index is 908. The van der Waals surface area contributed by atoms with E-state index in [0.717, 1.165) is 16.7 Å². The molecule has 0 spiro atoms. The summed E-state index contributed by atoms with van der Waals surface area (Å²) in [4.78, 5) is 23.6. The molecule has 0 saturated heterocycles. The van der Waals surface area contributed by atoms with E-state index >= 15 is 0 Å². The molecular weight excluding hydrogens is 384 g/mol. The zero-order chi connectivity index (χ0) is 21.9. The summed E-state index contributed by atoms with van der Waals surface area (Å²) in [6.45, 7) is 8.12. The lowest BCUT2D eigenvalue weighted by Gasteiger charge is -2.12. The highest BCUT2D eigenvalue weighted by atomic mass is 16.6. The molecule has 2 rings (SSSR count). The van der Waals surface area contributed by atoms with Gasteiger partial charge in [0.05, 0.1) is 25.8 Å². The van der Waals surface area contributed by atoms with Crippen LogP contribution in [0.15, 0.2) is 41.5 Å². The minimum Gasteiger partial charge on any atom is -0.490 e. The summed E-state index contributed by atoms with van der Waals surface area (Å²) in [7, 11) is 0. The van der Waals surface area contributed by atoms with Gasteiger partial charge in [-0.1, -0.05) is 23.8 Å². The maximum absolute atomic E-state index is 12.2. The van der Waals surface area contributed by atoms with Crippen LogP contribution in [0.1, 0.15) is 36.1 Å². The molecule has 0 radical (unpaired) electrons. The summed E-state index contributed by atoms with van der Waals surface area (Å²) >= 11 is 0. The topological polar surface area (TPSA) is 86.2 Å². The lowest BCUT2D eigenvalue weighted by Crippen LogP contribution is -2.20. The summed E-state index contributed by atoms with van der Waals surface area (Å²) in [6.07, 6.45) is 1.78. The Hall–Kier alpha value is -3.35. The van der Waals surface area contributed by atoms with Gasteiger partial charge in [-0.25, -0.2) is 10.2 Å². The summed E-state index contributed by atoms with van der Waals surface area (Å²) in [5.41, 5.74) is 6.46. The second kappa shape index (κ2) is 11.6. The van der Waals surface area contributed by atoms with Crippen LogP contribution in [-0.4, -0.2) is 37.9 Å². The highest BCUT2D eigenvalue weighted by molar-refractivity contribution is 5.84. The second-order valence-electron chi connectivity index (χ2n) is 6.63. The first kappa shape index (κ1) is 22.9. The number of carbonyl (C=O) groups is 2. The highest BCUT2D eigenvalue weighted by Gasteiger charge is 2.10. The number of esters is 1. The normalized spacial score (nSPS) is 10.7. The average Bonchev–Trinajstić information content (AvgIpc) is 2.70. The van der Waals surface area contributed by atoms with Gasteiger partial charge in [-0.2, -0.15) is 5.10 Å². The van der Waals surface area contributed by atoms with Crippen LogP contribution in [0.2, 0.25) is 0 Å². The fraction of sp³-hybridized carbons (Fsp3) is 0.348. The minimum absolute atomic E-state index is 0.197. The molecule has 0 aliphatic rings. The van der Waals surface area contributed by atoms with E-state index in [1.807, 2.05) is 39.0 Å². The number of hydrogen-bond donors (Lipinski definition) is 1. The molecule has 1 amide bonds. The Morgan fingerprint density at radius 2 is 1.80 bits per heavy atom. The van der Waals surface area contributed by atoms with Gasteiger partial charge in [0.1, 0.15) is 0 Å². The van der Waals surface area contributed by atoms with E-state index in [4.69, 9.17) is 14.2 Å². The van der Waals surface area contributed by atoms with Gasteiger partial charge < -0.3 is 14.2 Å². The number of aryl methyl sites for hydroxylation is 2. The number of ether oxygens (including phenoxy) is 3. The van der Waals surface area contributed by atoms with Crippen molar-refractivity contribution < 1.29 is 23.8 Å². The number of carbonyl (C=O) groups excluding carboxylic acids is 2. The van der Waals surface area contributed by atoms with E-state index < -0.39 is 5.97 Å². The van der Waals surface area contributed by atoms with Crippen molar-refractivity contribution in [3.8, 4) is 11.5 Å². The van der Waals surface area contributed by atoms with Gasteiger partial charge in [0, 0.05) is 0 Å². The highest BCUT2D eigenvalue weighted by Crippen LogP contribution is 2.28. The third-order valence-electron chi connectivity index (χ3n) is 4.17. The zero-order valence-corrected chi connectivity index (χ0v) is 17.9. The minimum atomic E-state index is -0.447. The van der Waals surface area contributed by atoms with E-state index in [1.165, 1.54) is 6.21 Å². The first-order chi connectivity index (χ1) is 14.4. The van der Waals surface area contributed by atoms with Crippen molar-refractivity contribution >= 4 is 18.1 Å². The van der Waals surface area contributed by atoms with Crippen molar-refractivity contribution in [3.63, 3.8) is 0 Å². The number of nitrogens with zero attached hydrogens (tertiary/aromatic N) is 1. The van der Waals surface area contributed by atoms with Crippen molar-refractivity contribution in [3.05, 3.63) is 58.7 Å². The van der Waals surface area contributed by atoms with Crippen LogP contribution < -0.4 is 14.9 Å². The first-order valence-corrected chi connectivity index (χ1v) is 9.86. The molecule has 7 nitrogen and oxygen atoms in total. The monoisotopic (exact) mass is 412 g/mol. The molecule has 2 aromatic rings. The van der Waals surface area contributed by atoms with Gasteiger partial charge in [-0.3, -0.25) is 4.79 Å². The van der Waals surface area contributed by atoms with Crippen LogP contribution >= 0.6 is 0 Å². The Morgan fingerprint density at radius 1 is 1.00 bits per heavy atom. The molecule has 0 unspecified atom stereocenters. The predicted molar refractivity (Wildman–Crippen MR) is 115 cm³/mol. The molecule has 0 bridgehead atoms. The number of hydrogen-bond acceptors (Lipinski definition) is 6. The largest absolute Gasteiger partial charge is 0.490 e. The van der Waals surface area contributed by atoms with Crippen molar-refractivity contribution in [2.45, 2.75) is 34.1 Å². The molecule has 0 atom stereocenters. The summed E-state index contributed by atoms with van der Waals surface area (Å²) in [6, 6.07) is 11.2. The summed E-state index contributed by atoms with van der Waals surface area (Å²) < 4.78 is 15.9. The number of amides is 1. The predicted octanol–water partition coefficient (Wildman–Crippen LogP) is 3.34. The fourth-order valence-corrected chi connectivity index (χ4v) is 2.77. The van der Waals surface area contributed by atoms with Crippen molar-refractivity contribution in [2.75, 3.05) is 19.8 Å². The SMILES string of the molecule is CCOC(=O)COc1ccc(/C=N/NC(=O)Cc2ccc(C)cc2C)cc1OCC. The molecule has 160 valence electrons. The van der Waals surface area contributed by atoms with Gasteiger partial charge in [0.25, 0.3) is 0 Å². The van der Waals surface area contributed by atoms with Gasteiger partial charge >= 0.3 is 5.97 Å². The number of rotatable bonds is 10. The molecule has 0 heterocycles. The van der Waals surface area contributed by atoms with Crippen molar-refractivity contribution in [1.29, 1.82) is 0 Å². The van der Waals surface area contributed by atoms with E-state index in [1.54, 1.807) is 25.1 Å². The Kier molecular flexibility index (Phi) is 8.87. The maximum Gasteiger partial charge on any atom is 0.344 e. The van der Waals surface area contributed by atoms with Gasteiger partial charge in [0.2, 0.25) is 5.91 Å². The Morgan fingerprint density at radius 3 is 2.50 bits per heavy atom. The van der Waals surface area contributed by atoms with Gasteiger partial charge in [-0.05, 0) is 62.6 Å². The van der Waals surface area contributed by atoms with Crippen LogP contribution in [0.25, 0.3) is 0 Å². The average molecular weight is 412 g/mol. The third kappa shape index (κ3) is 7.24. The number of benzene rings is 2. The molecule has 30 heavy (non-hydrogen) atoms. The van der Waals surface area contributed by atoms with E-state index in [0.29, 0.717) is 30.3 Å². The standard InChI is InChI=1S/C23H28N2O5/c1-5-28-21-12-18(8-10-20(21)30-15-23(27)29-6-2)14-24-25-22(26)13-19-9-7-16(3)11-17(19)4/h7-12,14H,5-6,13,15H2,1-4H3,(H,25,26)/b24-14+. The zero-order valence-electron chi connectivity index (χ0n) is 17.9. The number of hydrazone groups is 1. The van der Waals surface area contributed by atoms with E-state index in [9.17, 15) is 9.59 Å². The van der Waals surface area contributed by atoms with Crippen molar-refractivity contribution in [1.82, 2.24) is 5.43 Å². The molecule has 7 heteroatoms. The number of nitrogens with one attached hydrogen (secondary N) is 1. The van der Waals surface area contributed by atoms with E-state index in [-0.39, 0.29) is 18.9 Å². The van der Waals surface area contributed by atoms with Crippen LogP contribution in [0.4, 0.5) is 0 Å². The Balaban J connectivity index is 1.97. The molecule has 0 aliphatic carbocycles. The van der Waals surface area contributed by atoms with Crippen LogP contribution in [0, 0.1) is 13.8 Å².